The third-order valence-corrected chi connectivity index (χ3v) is 7.49. The lowest BCUT2D eigenvalue weighted by molar-refractivity contribution is 0.520. The van der Waals surface area contributed by atoms with Crippen molar-refractivity contribution in [3.8, 4) is 12.1 Å². The number of nitrogens with zero attached hydrogens (tertiary/aromatic N) is 4. The Morgan fingerprint density at radius 3 is 2.03 bits per heavy atom. The van der Waals surface area contributed by atoms with Crippen LogP contribution in [0, 0.1) is 29.6 Å². The molecule has 0 aromatic heterocycles. The van der Waals surface area contributed by atoms with Gasteiger partial charge in [0.2, 0.25) is 25.6 Å². The van der Waals surface area contributed by atoms with Crippen molar-refractivity contribution >= 4 is 31.3 Å². The molecule has 0 spiro atoms. The number of anilines is 1. The van der Waals surface area contributed by atoms with Gasteiger partial charge in [0.25, 0.3) is 0 Å². The Morgan fingerprint density at radius 2 is 1.52 bits per heavy atom. The number of hydrogen-bond acceptors (Lipinski definition) is 8. The fourth-order valence-corrected chi connectivity index (χ4v) is 4.56. The summed E-state index contributed by atoms with van der Waals surface area (Å²) in [6.07, 6.45) is 0. The molecule has 0 unspecified atom stereocenters. The van der Waals surface area contributed by atoms with Crippen LogP contribution in [0.5, 0.6) is 0 Å². The van der Waals surface area contributed by atoms with Gasteiger partial charge in [-0.1, -0.05) is 17.7 Å². The van der Waals surface area contributed by atoms with Crippen LogP contribution in [0.4, 0.5) is 5.69 Å². The lowest BCUT2D eigenvalue weighted by Crippen LogP contribution is -2.22. The van der Waals surface area contributed by atoms with E-state index in [0.717, 1.165) is 22.0 Å². The first-order valence-electron chi connectivity index (χ1n) is 8.06. The average Bonchev–Trinajstić information content (AvgIpc) is 2.68. The minimum atomic E-state index is -4.04. The van der Waals surface area contributed by atoms with Gasteiger partial charge in [-0.3, -0.25) is 5.43 Å². The second-order valence-corrected chi connectivity index (χ2v) is 10.1. The van der Waals surface area contributed by atoms with Crippen molar-refractivity contribution in [2.75, 3.05) is 19.5 Å². The molecule has 0 heterocycles. The van der Waals surface area contributed by atoms with E-state index < -0.39 is 25.6 Å². The summed E-state index contributed by atoms with van der Waals surface area (Å²) in [6, 6.07) is 12.6. The molecule has 2 rings (SSSR count). The Balaban J connectivity index is 2.71. The highest BCUT2D eigenvalue weighted by Crippen LogP contribution is 2.31. The van der Waals surface area contributed by atoms with Gasteiger partial charge in [0.05, 0.1) is 20.4 Å². The molecule has 0 fully saturated rings. The molecule has 0 radical (unpaired) electrons. The smallest absolute Gasteiger partial charge is 0.242 e. The summed E-state index contributed by atoms with van der Waals surface area (Å²) in [6.45, 7) is 1.81. The maximum Gasteiger partial charge on any atom is 0.242 e. The van der Waals surface area contributed by atoms with Crippen molar-refractivity contribution in [2.45, 2.75) is 21.6 Å². The Kier molecular flexibility index (Phi) is 6.39. The minimum absolute atomic E-state index is 0.000800. The van der Waals surface area contributed by atoms with Crippen LogP contribution >= 0.6 is 0 Å². The molecular weight excluding hydrogens is 414 g/mol. The molecule has 2 aromatic carbocycles. The molecule has 0 aliphatic rings. The SMILES string of the molecule is Cc1ccc(S(=O)(=O)c2ccc(S(=O)(=O)N(C)C)cc2NN=C(C#N)C#N)cc1. The molecule has 0 aliphatic carbocycles. The van der Waals surface area contributed by atoms with Crippen LogP contribution in [0.3, 0.4) is 0 Å². The average molecular weight is 431 g/mol. The molecule has 0 saturated carbocycles. The number of nitrogens with one attached hydrogen (secondary N) is 1. The number of rotatable bonds is 6. The molecule has 29 heavy (non-hydrogen) atoms. The number of hydrogen-bond donors (Lipinski definition) is 1. The largest absolute Gasteiger partial charge is 0.275 e. The molecule has 150 valence electrons. The zero-order valence-corrected chi connectivity index (χ0v) is 17.4. The topological polar surface area (TPSA) is 143 Å². The molecule has 0 bridgehead atoms. The summed E-state index contributed by atoms with van der Waals surface area (Å²) in [4.78, 5) is -0.435. The summed E-state index contributed by atoms with van der Waals surface area (Å²) in [5.74, 6) is 0. The Bertz CT molecular complexity index is 1230. The van der Waals surface area contributed by atoms with E-state index in [1.807, 2.05) is 6.92 Å². The van der Waals surface area contributed by atoms with Gasteiger partial charge in [-0.15, -0.1) is 0 Å². The zero-order chi connectivity index (χ0) is 21.8. The molecule has 0 saturated heterocycles. The predicted molar refractivity (Wildman–Crippen MR) is 106 cm³/mol. The van der Waals surface area contributed by atoms with Gasteiger partial charge < -0.3 is 0 Å². The molecule has 1 N–H and O–H groups in total. The van der Waals surface area contributed by atoms with E-state index in [1.54, 1.807) is 12.1 Å². The summed E-state index contributed by atoms with van der Waals surface area (Å²) >= 11 is 0. The van der Waals surface area contributed by atoms with Crippen molar-refractivity contribution in [3.05, 3.63) is 48.0 Å². The van der Waals surface area contributed by atoms with Gasteiger partial charge in [-0.2, -0.15) is 15.6 Å². The summed E-state index contributed by atoms with van der Waals surface area (Å²) < 4.78 is 51.9. The molecule has 0 atom stereocenters. The molecule has 0 amide bonds. The van der Waals surface area contributed by atoms with Crippen molar-refractivity contribution in [1.82, 2.24) is 4.31 Å². The van der Waals surface area contributed by atoms with E-state index in [2.05, 4.69) is 10.5 Å². The van der Waals surface area contributed by atoms with Crippen molar-refractivity contribution in [1.29, 1.82) is 10.5 Å². The predicted octanol–water partition coefficient (Wildman–Crippen LogP) is 1.89. The van der Waals surface area contributed by atoms with E-state index in [-0.39, 0.29) is 20.4 Å². The normalized spacial score (nSPS) is 11.4. The Morgan fingerprint density at radius 1 is 0.966 bits per heavy atom. The second-order valence-electron chi connectivity index (χ2n) is 6.06. The van der Waals surface area contributed by atoms with E-state index in [0.29, 0.717) is 0 Å². The second kappa shape index (κ2) is 8.41. The van der Waals surface area contributed by atoms with Crippen molar-refractivity contribution in [3.63, 3.8) is 0 Å². The fraction of sp³-hybridized carbons (Fsp3) is 0.167. The summed E-state index contributed by atoms with van der Waals surface area (Å²) in [7, 11) is -5.23. The first-order valence-corrected chi connectivity index (χ1v) is 11.0. The highest BCUT2D eigenvalue weighted by molar-refractivity contribution is 7.91. The number of benzene rings is 2. The standard InChI is InChI=1S/C18H17N5O4S2/c1-13-4-6-15(7-5-13)28(24,25)18-9-8-16(29(26,27)23(2)3)10-17(18)22-21-14(11-19)12-20/h4-10,22H,1-3H3. The molecule has 0 aliphatic heterocycles. The van der Waals surface area contributed by atoms with Crippen LogP contribution in [0.2, 0.25) is 0 Å². The maximum atomic E-state index is 13.1. The van der Waals surface area contributed by atoms with E-state index in [4.69, 9.17) is 10.5 Å². The number of aryl methyl sites for hydroxylation is 1. The Labute approximate surface area is 169 Å². The first kappa shape index (κ1) is 22.0. The quantitative estimate of drug-likeness (QED) is 0.543. The van der Waals surface area contributed by atoms with Crippen LogP contribution in [0.15, 0.2) is 62.3 Å². The fourth-order valence-electron chi connectivity index (χ4n) is 2.24. The number of sulfone groups is 1. The third kappa shape index (κ3) is 4.60. The highest BCUT2D eigenvalue weighted by atomic mass is 32.2. The van der Waals surface area contributed by atoms with Gasteiger partial charge in [0, 0.05) is 14.1 Å². The van der Waals surface area contributed by atoms with Crippen LogP contribution in [-0.2, 0) is 19.9 Å². The summed E-state index contributed by atoms with van der Waals surface area (Å²) in [5, 5.41) is 21.2. The Hall–Kier alpha value is -3.25. The zero-order valence-electron chi connectivity index (χ0n) is 15.8. The van der Waals surface area contributed by atoms with Gasteiger partial charge in [0.1, 0.15) is 12.1 Å². The molecular formula is C18H17N5O4S2. The minimum Gasteiger partial charge on any atom is -0.275 e. The van der Waals surface area contributed by atoms with Gasteiger partial charge in [-0.25, -0.2) is 21.1 Å². The van der Waals surface area contributed by atoms with Crippen LogP contribution in [0.1, 0.15) is 5.56 Å². The maximum absolute atomic E-state index is 13.1. The number of sulfonamides is 1. The van der Waals surface area contributed by atoms with Gasteiger partial charge in [0.15, 0.2) is 0 Å². The highest BCUT2D eigenvalue weighted by Gasteiger charge is 2.25. The first-order chi connectivity index (χ1) is 13.5. The van der Waals surface area contributed by atoms with Gasteiger partial charge in [-0.05, 0) is 37.3 Å². The van der Waals surface area contributed by atoms with Crippen LogP contribution in [-0.4, -0.2) is 40.9 Å². The van der Waals surface area contributed by atoms with E-state index in [9.17, 15) is 16.8 Å². The van der Waals surface area contributed by atoms with Crippen molar-refractivity contribution in [2.24, 2.45) is 5.10 Å². The lowest BCUT2D eigenvalue weighted by Gasteiger charge is -2.15. The van der Waals surface area contributed by atoms with Gasteiger partial charge >= 0.3 is 0 Å². The van der Waals surface area contributed by atoms with E-state index >= 15 is 0 Å². The van der Waals surface area contributed by atoms with Crippen LogP contribution < -0.4 is 5.43 Å². The number of nitriles is 2. The monoisotopic (exact) mass is 431 g/mol. The lowest BCUT2D eigenvalue weighted by atomic mass is 10.2. The van der Waals surface area contributed by atoms with Crippen LogP contribution in [0.25, 0.3) is 0 Å². The third-order valence-electron chi connectivity index (χ3n) is 3.85. The molecule has 2 aromatic rings. The molecule has 11 heteroatoms. The van der Waals surface area contributed by atoms with E-state index in [1.165, 1.54) is 44.4 Å². The van der Waals surface area contributed by atoms with Crippen molar-refractivity contribution < 1.29 is 16.8 Å². The molecule has 9 nitrogen and oxygen atoms in total. The summed E-state index contributed by atoms with van der Waals surface area (Å²) in [5.41, 5.74) is 2.47. The number of hydrazone groups is 1.